The third-order valence-electron chi connectivity index (χ3n) is 3.47. The van der Waals surface area contributed by atoms with E-state index < -0.39 is 0 Å². The fraction of sp³-hybridized carbons (Fsp3) is 0.0526. The van der Waals surface area contributed by atoms with E-state index in [9.17, 15) is 4.79 Å². The number of aromatic nitrogens is 1. The van der Waals surface area contributed by atoms with Gasteiger partial charge in [-0.1, -0.05) is 24.3 Å². The molecule has 0 saturated carbocycles. The molecule has 3 aromatic rings. The smallest absolute Gasteiger partial charge is 0.185 e. The van der Waals surface area contributed by atoms with Crippen molar-refractivity contribution in [2.75, 3.05) is 7.11 Å². The second-order valence-electron chi connectivity index (χ2n) is 4.91. The number of hydrogen-bond donors (Lipinski definition) is 0. The summed E-state index contributed by atoms with van der Waals surface area (Å²) in [5.41, 5.74) is 1.61. The van der Waals surface area contributed by atoms with E-state index >= 15 is 0 Å². The standard InChI is InChI=1S/C19H15NO2/c1-22-18-6-5-15-3-4-16(12-17(15)13-18)19(21)7-2-14-8-10-20-11-9-14/h2-13H,1H3/b7-2+. The van der Waals surface area contributed by atoms with Gasteiger partial charge in [-0.25, -0.2) is 0 Å². The Morgan fingerprint density at radius 3 is 2.55 bits per heavy atom. The molecule has 3 rings (SSSR count). The van der Waals surface area contributed by atoms with Crippen LogP contribution in [0.15, 0.2) is 67.0 Å². The van der Waals surface area contributed by atoms with Crippen LogP contribution in [-0.4, -0.2) is 17.9 Å². The second kappa shape index (κ2) is 6.22. The summed E-state index contributed by atoms with van der Waals surface area (Å²) in [6, 6.07) is 15.2. The van der Waals surface area contributed by atoms with Gasteiger partial charge in [-0.15, -0.1) is 0 Å². The molecule has 0 aliphatic rings. The molecule has 0 bridgehead atoms. The number of carbonyl (C=O) groups is 1. The summed E-state index contributed by atoms with van der Waals surface area (Å²) >= 11 is 0. The fourth-order valence-electron chi connectivity index (χ4n) is 2.25. The summed E-state index contributed by atoms with van der Waals surface area (Å²) in [6.45, 7) is 0. The Morgan fingerprint density at radius 1 is 1.00 bits per heavy atom. The number of methoxy groups -OCH3 is 1. The average Bonchev–Trinajstić information content (AvgIpc) is 2.59. The highest BCUT2D eigenvalue weighted by Crippen LogP contribution is 2.22. The SMILES string of the molecule is COc1ccc2ccc(C(=O)/C=C/c3ccncc3)cc2c1. The molecule has 0 aliphatic heterocycles. The Balaban J connectivity index is 1.89. The van der Waals surface area contributed by atoms with Gasteiger partial charge >= 0.3 is 0 Å². The van der Waals surface area contributed by atoms with Crippen molar-refractivity contribution >= 4 is 22.6 Å². The lowest BCUT2D eigenvalue weighted by Gasteiger charge is -2.04. The zero-order valence-corrected chi connectivity index (χ0v) is 12.2. The number of ketones is 1. The molecule has 1 heterocycles. The monoisotopic (exact) mass is 289 g/mol. The molecule has 0 aliphatic carbocycles. The molecule has 1 aromatic heterocycles. The Morgan fingerprint density at radius 2 is 1.77 bits per heavy atom. The van der Waals surface area contributed by atoms with Gasteiger partial charge in [-0.2, -0.15) is 0 Å². The van der Waals surface area contributed by atoms with Crippen molar-refractivity contribution < 1.29 is 9.53 Å². The van der Waals surface area contributed by atoms with Crippen LogP contribution in [0.2, 0.25) is 0 Å². The molecule has 0 fully saturated rings. The number of fused-ring (bicyclic) bond motifs is 1. The van der Waals surface area contributed by atoms with Crippen molar-refractivity contribution in [3.63, 3.8) is 0 Å². The molecule has 0 radical (unpaired) electrons. The first-order chi connectivity index (χ1) is 10.8. The number of nitrogens with zero attached hydrogens (tertiary/aromatic N) is 1. The van der Waals surface area contributed by atoms with Crippen LogP contribution in [0, 0.1) is 0 Å². The zero-order valence-electron chi connectivity index (χ0n) is 12.2. The second-order valence-corrected chi connectivity index (χ2v) is 4.91. The molecule has 3 nitrogen and oxygen atoms in total. The minimum absolute atomic E-state index is 0.0264. The van der Waals surface area contributed by atoms with E-state index in [1.807, 2.05) is 48.5 Å². The topological polar surface area (TPSA) is 39.2 Å². The summed E-state index contributed by atoms with van der Waals surface area (Å²) in [4.78, 5) is 16.2. The molecule has 2 aromatic carbocycles. The summed E-state index contributed by atoms with van der Waals surface area (Å²) in [5.74, 6) is 0.756. The van der Waals surface area contributed by atoms with E-state index in [1.54, 1.807) is 31.7 Å². The van der Waals surface area contributed by atoms with E-state index in [2.05, 4.69) is 4.98 Å². The van der Waals surface area contributed by atoms with Crippen LogP contribution >= 0.6 is 0 Å². The number of hydrogen-bond acceptors (Lipinski definition) is 3. The number of ether oxygens (including phenoxy) is 1. The van der Waals surface area contributed by atoms with Crippen LogP contribution in [0.5, 0.6) is 5.75 Å². The summed E-state index contributed by atoms with van der Waals surface area (Å²) in [7, 11) is 1.63. The predicted molar refractivity (Wildman–Crippen MR) is 88.1 cm³/mol. The average molecular weight is 289 g/mol. The number of carbonyl (C=O) groups excluding carboxylic acids is 1. The first-order valence-corrected chi connectivity index (χ1v) is 6.96. The Kier molecular flexibility index (Phi) is 3.97. The van der Waals surface area contributed by atoms with Crippen LogP contribution in [0.4, 0.5) is 0 Å². The van der Waals surface area contributed by atoms with Gasteiger partial charge in [0.25, 0.3) is 0 Å². The lowest BCUT2D eigenvalue weighted by molar-refractivity contribution is 0.104. The van der Waals surface area contributed by atoms with Gasteiger partial charge in [0.2, 0.25) is 0 Å². The lowest BCUT2D eigenvalue weighted by atomic mass is 10.0. The van der Waals surface area contributed by atoms with Crippen LogP contribution in [-0.2, 0) is 0 Å². The molecule has 0 atom stereocenters. The quantitative estimate of drug-likeness (QED) is 0.535. The molecule has 0 unspecified atom stereocenters. The van der Waals surface area contributed by atoms with E-state index in [4.69, 9.17) is 4.74 Å². The molecule has 0 saturated heterocycles. The third kappa shape index (κ3) is 3.04. The van der Waals surface area contributed by atoms with Gasteiger partial charge in [0.1, 0.15) is 5.75 Å². The maximum Gasteiger partial charge on any atom is 0.185 e. The third-order valence-corrected chi connectivity index (χ3v) is 3.47. The van der Waals surface area contributed by atoms with Crippen molar-refractivity contribution in [2.45, 2.75) is 0 Å². The lowest BCUT2D eigenvalue weighted by Crippen LogP contribution is -1.94. The highest BCUT2D eigenvalue weighted by Gasteiger charge is 2.04. The van der Waals surface area contributed by atoms with Gasteiger partial charge in [-0.05, 0) is 52.7 Å². The minimum Gasteiger partial charge on any atom is -0.497 e. The molecule has 22 heavy (non-hydrogen) atoms. The van der Waals surface area contributed by atoms with Crippen LogP contribution < -0.4 is 4.74 Å². The van der Waals surface area contributed by atoms with E-state index in [1.165, 1.54) is 0 Å². The number of rotatable bonds is 4. The van der Waals surface area contributed by atoms with E-state index in [-0.39, 0.29) is 5.78 Å². The molecule has 108 valence electrons. The largest absolute Gasteiger partial charge is 0.497 e. The number of pyridine rings is 1. The molecule has 3 heteroatoms. The highest BCUT2D eigenvalue weighted by molar-refractivity contribution is 6.08. The maximum atomic E-state index is 12.3. The molecular weight excluding hydrogens is 274 g/mol. The normalized spacial score (nSPS) is 11.0. The van der Waals surface area contributed by atoms with Crippen molar-refractivity contribution in [2.24, 2.45) is 0 Å². The van der Waals surface area contributed by atoms with Gasteiger partial charge in [-0.3, -0.25) is 9.78 Å². The molecular formula is C19H15NO2. The van der Waals surface area contributed by atoms with Crippen LogP contribution in [0.25, 0.3) is 16.8 Å². The van der Waals surface area contributed by atoms with Crippen molar-refractivity contribution in [1.82, 2.24) is 4.98 Å². The molecule has 0 amide bonds. The fourth-order valence-corrected chi connectivity index (χ4v) is 2.25. The highest BCUT2D eigenvalue weighted by atomic mass is 16.5. The van der Waals surface area contributed by atoms with Crippen LogP contribution in [0.3, 0.4) is 0 Å². The van der Waals surface area contributed by atoms with E-state index in [0.29, 0.717) is 5.56 Å². The minimum atomic E-state index is -0.0264. The summed E-state index contributed by atoms with van der Waals surface area (Å²) < 4.78 is 5.22. The predicted octanol–water partition coefficient (Wildman–Crippen LogP) is 4.14. The van der Waals surface area contributed by atoms with E-state index in [0.717, 1.165) is 22.1 Å². The first-order valence-electron chi connectivity index (χ1n) is 6.96. The number of benzene rings is 2. The van der Waals surface area contributed by atoms with Crippen molar-refractivity contribution in [3.05, 3.63) is 78.1 Å². The Labute approximate surface area is 128 Å². The Bertz CT molecular complexity index is 838. The Hall–Kier alpha value is -2.94. The maximum absolute atomic E-state index is 12.3. The van der Waals surface area contributed by atoms with Gasteiger partial charge in [0, 0.05) is 18.0 Å². The molecule has 0 spiro atoms. The first kappa shape index (κ1) is 14.0. The number of allylic oxidation sites excluding steroid dienone is 1. The zero-order chi connectivity index (χ0) is 15.4. The van der Waals surface area contributed by atoms with Crippen molar-refractivity contribution in [3.8, 4) is 5.75 Å². The summed E-state index contributed by atoms with van der Waals surface area (Å²) in [6.07, 6.45) is 6.77. The van der Waals surface area contributed by atoms with Gasteiger partial charge < -0.3 is 4.74 Å². The van der Waals surface area contributed by atoms with Crippen molar-refractivity contribution in [1.29, 1.82) is 0 Å². The van der Waals surface area contributed by atoms with Crippen LogP contribution in [0.1, 0.15) is 15.9 Å². The van der Waals surface area contributed by atoms with Gasteiger partial charge in [0.05, 0.1) is 7.11 Å². The molecule has 0 N–H and O–H groups in total. The summed E-state index contributed by atoms with van der Waals surface area (Å²) in [5, 5.41) is 2.07. The van der Waals surface area contributed by atoms with Gasteiger partial charge in [0.15, 0.2) is 5.78 Å².